The molecular formula is C24H28N4O. The van der Waals surface area contributed by atoms with Crippen LogP contribution in [0.25, 0.3) is 11.0 Å². The molecule has 1 fully saturated rings. The third-order valence-electron chi connectivity index (χ3n) is 5.77. The molecule has 0 bridgehead atoms. The summed E-state index contributed by atoms with van der Waals surface area (Å²) >= 11 is 0. The molecule has 1 N–H and O–H groups in total. The van der Waals surface area contributed by atoms with E-state index < -0.39 is 0 Å². The van der Waals surface area contributed by atoms with Crippen LogP contribution in [-0.2, 0) is 6.42 Å². The van der Waals surface area contributed by atoms with Crippen LogP contribution < -0.4 is 5.32 Å². The zero-order valence-corrected chi connectivity index (χ0v) is 17.4. The number of amides is 1. The second kappa shape index (κ2) is 8.19. The van der Waals surface area contributed by atoms with Crippen LogP contribution in [0.4, 0.5) is 11.4 Å². The Labute approximate surface area is 172 Å². The van der Waals surface area contributed by atoms with Crippen LogP contribution in [0.3, 0.4) is 0 Å². The van der Waals surface area contributed by atoms with Gasteiger partial charge in [-0.2, -0.15) is 0 Å². The number of likely N-dealkylation sites (tertiary alicyclic amines) is 1. The number of carbonyl (C=O) groups is 1. The van der Waals surface area contributed by atoms with Crippen LogP contribution in [0.1, 0.15) is 48.3 Å². The Balaban J connectivity index is 1.78. The van der Waals surface area contributed by atoms with Gasteiger partial charge in [0.05, 0.1) is 11.3 Å². The minimum Gasteiger partial charge on any atom is -0.354 e. The van der Waals surface area contributed by atoms with E-state index in [1.807, 2.05) is 36.1 Å². The second-order valence-corrected chi connectivity index (χ2v) is 8.02. The van der Waals surface area contributed by atoms with Crippen molar-refractivity contribution in [1.29, 1.82) is 0 Å². The van der Waals surface area contributed by atoms with Crippen molar-refractivity contribution in [1.82, 2.24) is 14.9 Å². The molecule has 0 aliphatic carbocycles. The summed E-state index contributed by atoms with van der Waals surface area (Å²) in [5, 5.41) is 4.38. The molecule has 1 amide bonds. The molecule has 4 rings (SSSR count). The predicted molar refractivity (Wildman–Crippen MR) is 118 cm³/mol. The van der Waals surface area contributed by atoms with E-state index in [-0.39, 0.29) is 5.91 Å². The molecule has 3 heterocycles. The predicted octanol–water partition coefficient (Wildman–Crippen LogP) is 5.12. The Kier molecular flexibility index (Phi) is 5.47. The van der Waals surface area contributed by atoms with Gasteiger partial charge in [-0.3, -0.25) is 4.79 Å². The van der Waals surface area contributed by atoms with E-state index >= 15 is 0 Å². The number of anilines is 2. The lowest BCUT2D eigenvalue weighted by molar-refractivity contribution is 0.0698. The van der Waals surface area contributed by atoms with Crippen LogP contribution in [0, 0.1) is 12.8 Å². The normalized spacial score (nSPS) is 14.9. The van der Waals surface area contributed by atoms with Crippen LogP contribution in [0.15, 0.2) is 42.6 Å². The Morgan fingerprint density at radius 1 is 1.21 bits per heavy atom. The largest absolute Gasteiger partial charge is 0.354 e. The maximum absolute atomic E-state index is 13.4. The minimum absolute atomic E-state index is 0.0426. The molecule has 1 aliphatic rings. The molecule has 0 atom stereocenters. The molecule has 3 aromatic rings. The van der Waals surface area contributed by atoms with Crippen molar-refractivity contribution < 1.29 is 4.79 Å². The quantitative estimate of drug-likeness (QED) is 0.674. The van der Waals surface area contributed by atoms with Gasteiger partial charge in [0.1, 0.15) is 0 Å². The standard InChI is InChI=1S/C24H28N4O/c1-4-18-6-5-7-19(14-18)27-22-20-9-8-17(3)26-23(20)25-15-21(22)24(29)28-12-10-16(2)11-13-28/h5-9,14-16H,4,10-13H2,1-3H3,(H,25,26,27). The first-order valence-corrected chi connectivity index (χ1v) is 10.5. The first kappa shape index (κ1) is 19.4. The fourth-order valence-corrected chi connectivity index (χ4v) is 3.86. The number of aromatic nitrogens is 2. The van der Waals surface area contributed by atoms with Gasteiger partial charge in [0.25, 0.3) is 5.91 Å². The number of pyridine rings is 2. The number of carbonyl (C=O) groups excluding carboxylic acids is 1. The van der Waals surface area contributed by atoms with E-state index in [2.05, 4.69) is 41.3 Å². The zero-order valence-electron chi connectivity index (χ0n) is 17.4. The Hall–Kier alpha value is -2.95. The highest BCUT2D eigenvalue weighted by atomic mass is 16.2. The molecule has 0 saturated carbocycles. The molecule has 5 nitrogen and oxygen atoms in total. The van der Waals surface area contributed by atoms with Crippen molar-refractivity contribution in [3.63, 3.8) is 0 Å². The van der Waals surface area contributed by atoms with Gasteiger partial charge < -0.3 is 10.2 Å². The van der Waals surface area contributed by atoms with E-state index in [9.17, 15) is 4.79 Å². The highest BCUT2D eigenvalue weighted by Crippen LogP contribution is 2.31. The monoisotopic (exact) mass is 388 g/mol. The van der Waals surface area contributed by atoms with Gasteiger partial charge in [0.15, 0.2) is 5.65 Å². The van der Waals surface area contributed by atoms with Crippen molar-refractivity contribution in [2.24, 2.45) is 5.92 Å². The number of rotatable bonds is 4. The third kappa shape index (κ3) is 4.09. The van der Waals surface area contributed by atoms with Crippen molar-refractivity contribution in [2.45, 2.75) is 40.0 Å². The van der Waals surface area contributed by atoms with Crippen molar-refractivity contribution in [3.8, 4) is 0 Å². The van der Waals surface area contributed by atoms with E-state index in [4.69, 9.17) is 0 Å². The zero-order chi connectivity index (χ0) is 20.4. The SMILES string of the molecule is CCc1cccc(Nc2c(C(=O)N3CCC(C)CC3)cnc3nc(C)ccc23)c1. The Morgan fingerprint density at radius 3 is 2.76 bits per heavy atom. The third-order valence-corrected chi connectivity index (χ3v) is 5.77. The Bertz CT molecular complexity index is 1040. The molecule has 0 radical (unpaired) electrons. The van der Waals surface area contributed by atoms with Gasteiger partial charge in [0.2, 0.25) is 0 Å². The van der Waals surface area contributed by atoms with Crippen molar-refractivity contribution >= 4 is 28.3 Å². The van der Waals surface area contributed by atoms with Gasteiger partial charge in [-0.15, -0.1) is 0 Å². The summed E-state index contributed by atoms with van der Waals surface area (Å²) in [7, 11) is 0. The maximum Gasteiger partial charge on any atom is 0.257 e. The highest BCUT2D eigenvalue weighted by Gasteiger charge is 2.25. The number of aryl methyl sites for hydroxylation is 2. The molecule has 1 aliphatic heterocycles. The number of nitrogens with zero attached hydrogens (tertiary/aromatic N) is 3. The number of piperidine rings is 1. The van der Waals surface area contributed by atoms with Gasteiger partial charge in [0, 0.05) is 36.1 Å². The number of nitrogens with one attached hydrogen (secondary N) is 1. The second-order valence-electron chi connectivity index (χ2n) is 8.02. The molecule has 1 aromatic carbocycles. The fraction of sp³-hybridized carbons (Fsp3) is 0.375. The lowest BCUT2D eigenvalue weighted by atomic mass is 9.98. The van der Waals surface area contributed by atoms with E-state index in [0.717, 1.165) is 54.8 Å². The first-order valence-electron chi connectivity index (χ1n) is 10.5. The average Bonchev–Trinajstić information content (AvgIpc) is 2.74. The fourth-order valence-electron chi connectivity index (χ4n) is 3.86. The summed E-state index contributed by atoms with van der Waals surface area (Å²) in [6.07, 6.45) is 4.75. The van der Waals surface area contributed by atoms with Crippen LogP contribution in [0.2, 0.25) is 0 Å². The summed E-state index contributed by atoms with van der Waals surface area (Å²) in [6.45, 7) is 7.94. The van der Waals surface area contributed by atoms with E-state index in [1.54, 1.807) is 6.20 Å². The van der Waals surface area contributed by atoms with Crippen molar-refractivity contribution in [3.05, 3.63) is 59.4 Å². The molecule has 1 saturated heterocycles. The molecule has 2 aromatic heterocycles. The lowest BCUT2D eigenvalue weighted by Crippen LogP contribution is -2.38. The smallest absolute Gasteiger partial charge is 0.257 e. The lowest BCUT2D eigenvalue weighted by Gasteiger charge is -2.31. The number of hydrogen-bond donors (Lipinski definition) is 1. The first-order chi connectivity index (χ1) is 14.0. The Morgan fingerprint density at radius 2 is 2.00 bits per heavy atom. The van der Waals surface area contributed by atoms with Crippen LogP contribution in [0.5, 0.6) is 0 Å². The van der Waals surface area contributed by atoms with E-state index in [1.165, 1.54) is 5.56 Å². The number of fused-ring (bicyclic) bond motifs is 1. The molecular weight excluding hydrogens is 360 g/mol. The molecule has 5 heteroatoms. The summed E-state index contributed by atoms with van der Waals surface area (Å²) < 4.78 is 0. The summed E-state index contributed by atoms with van der Waals surface area (Å²) in [5.41, 5.74) is 5.19. The number of benzene rings is 1. The van der Waals surface area contributed by atoms with Crippen molar-refractivity contribution in [2.75, 3.05) is 18.4 Å². The minimum atomic E-state index is 0.0426. The van der Waals surface area contributed by atoms with Gasteiger partial charge >= 0.3 is 0 Å². The summed E-state index contributed by atoms with van der Waals surface area (Å²) in [6, 6.07) is 12.3. The van der Waals surface area contributed by atoms with Crippen LogP contribution in [-0.4, -0.2) is 33.9 Å². The topological polar surface area (TPSA) is 58.1 Å². The van der Waals surface area contributed by atoms with Gasteiger partial charge in [-0.05, 0) is 61.9 Å². The number of hydrogen-bond acceptors (Lipinski definition) is 4. The molecule has 0 spiro atoms. The van der Waals surface area contributed by atoms with Gasteiger partial charge in [-0.25, -0.2) is 9.97 Å². The van der Waals surface area contributed by atoms with E-state index in [0.29, 0.717) is 17.1 Å². The maximum atomic E-state index is 13.4. The molecule has 150 valence electrons. The highest BCUT2D eigenvalue weighted by molar-refractivity contribution is 6.07. The molecule has 29 heavy (non-hydrogen) atoms. The van der Waals surface area contributed by atoms with Crippen LogP contribution >= 0.6 is 0 Å². The summed E-state index contributed by atoms with van der Waals surface area (Å²) in [5.74, 6) is 0.719. The summed E-state index contributed by atoms with van der Waals surface area (Å²) in [4.78, 5) is 24.4. The average molecular weight is 389 g/mol. The van der Waals surface area contributed by atoms with Gasteiger partial charge in [-0.1, -0.05) is 26.0 Å². The molecule has 0 unspecified atom stereocenters.